The van der Waals surface area contributed by atoms with Crippen molar-refractivity contribution >= 4 is 0 Å². The van der Waals surface area contributed by atoms with Crippen LogP contribution >= 0.6 is 0 Å². The number of nitrogens with one attached hydrogen (secondary N) is 1. The quantitative estimate of drug-likeness (QED) is 0.633. The lowest BCUT2D eigenvalue weighted by molar-refractivity contribution is 0.0536. The Kier molecular flexibility index (Phi) is 4.58. The third kappa shape index (κ3) is 2.83. The minimum atomic E-state index is 0.170. The lowest BCUT2D eigenvalue weighted by atomic mass is 9.87. The summed E-state index contributed by atoms with van der Waals surface area (Å²) in [6, 6.07) is 6.45. The number of benzene rings is 1. The van der Waals surface area contributed by atoms with Gasteiger partial charge in [0.05, 0.1) is 7.11 Å². The van der Waals surface area contributed by atoms with Gasteiger partial charge in [-0.2, -0.15) is 0 Å². The van der Waals surface area contributed by atoms with Crippen molar-refractivity contribution in [2.24, 2.45) is 11.8 Å². The number of hydrogen-bond donors (Lipinski definition) is 2. The Hall–Kier alpha value is -1.10. The van der Waals surface area contributed by atoms with Crippen molar-refractivity contribution in [3.63, 3.8) is 0 Å². The van der Waals surface area contributed by atoms with Crippen LogP contribution in [0.25, 0.3) is 0 Å². The fourth-order valence-corrected chi connectivity index (χ4v) is 2.58. The van der Waals surface area contributed by atoms with Crippen LogP contribution in [0.2, 0.25) is 0 Å². The van der Waals surface area contributed by atoms with Crippen molar-refractivity contribution in [1.82, 2.24) is 5.43 Å². The zero-order valence-electron chi connectivity index (χ0n) is 11.1. The molecule has 1 unspecified atom stereocenters. The summed E-state index contributed by atoms with van der Waals surface area (Å²) in [5, 5.41) is 0. The summed E-state index contributed by atoms with van der Waals surface area (Å²) in [6.45, 7) is 3.69. The van der Waals surface area contributed by atoms with Crippen molar-refractivity contribution in [2.45, 2.75) is 25.8 Å². The van der Waals surface area contributed by atoms with Gasteiger partial charge in [-0.15, -0.1) is 0 Å². The number of nitrogens with two attached hydrogens (primary N) is 1. The maximum Gasteiger partial charge on any atom is 0.122 e. The normalized spacial score (nSPS) is 18.6. The van der Waals surface area contributed by atoms with E-state index in [0.29, 0.717) is 5.92 Å². The van der Waals surface area contributed by atoms with Crippen LogP contribution in [0.1, 0.15) is 30.0 Å². The van der Waals surface area contributed by atoms with Crippen molar-refractivity contribution in [3.8, 4) is 5.75 Å². The second kappa shape index (κ2) is 6.18. The Balaban J connectivity index is 2.20. The molecule has 0 aliphatic carbocycles. The fourth-order valence-electron chi connectivity index (χ4n) is 2.58. The van der Waals surface area contributed by atoms with Crippen LogP contribution in [-0.4, -0.2) is 20.3 Å². The molecule has 100 valence electrons. The molecular formula is C14H22N2O2. The molecule has 1 aromatic rings. The summed E-state index contributed by atoms with van der Waals surface area (Å²) in [5.74, 6) is 7.17. The molecule has 1 aromatic carbocycles. The predicted molar refractivity (Wildman–Crippen MR) is 71.3 cm³/mol. The number of aryl methyl sites for hydroxylation is 1. The zero-order valence-corrected chi connectivity index (χ0v) is 11.1. The molecule has 2 rings (SSSR count). The lowest BCUT2D eigenvalue weighted by Crippen LogP contribution is -2.36. The summed E-state index contributed by atoms with van der Waals surface area (Å²) in [6.07, 6.45) is 2.09. The van der Waals surface area contributed by atoms with Gasteiger partial charge in [-0.3, -0.25) is 11.3 Å². The van der Waals surface area contributed by atoms with E-state index in [1.54, 1.807) is 7.11 Å². The Morgan fingerprint density at radius 1 is 1.39 bits per heavy atom. The highest BCUT2D eigenvalue weighted by Crippen LogP contribution is 2.32. The molecule has 0 spiro atoms. The van der Waals surface area contributed by atoms with E-state index in [1.165, 1.54) is 5.56 Å². The first-order valence-corrected chi connectivity index (χ1v) is 6.44. The summed E-state index contributed by atoms with van der Waals surface area (Å²) in [5.41, 5.74) is 5.28. The highest BCUT2D eigenvalue weighted by molar-refractivity contribution is 5.38. The maximum absolute atomic E-state index is 5.73. The van der Waals surface area contributed by atoms with Crippen LogP contribution in [0.5, 0.6) is 5.75 Å². The zero-order chi connectivity index (χ0) is 13.0. The molecular weight excluding hydrogens is 228 g/mol. The number of hydrogen-bond acceptors (Lipinski definition) is 4. The smallest absolute Gasteiger partial charge is 0.122 e. The first-order chi connectivity index (χ1) is 8.76. The molecule has 0 aromatic heterocycles. The molecule has 1 atom stereocenters. The van der Waals surface area contributed by atoms with Gasteiger partial charge in [0.1, 0.15) is 5.75 Å². The van der Waals surface area contributed by atoms with E-state index >= 15 is 0 Å². The third-order valence-corrected chi connectivity index (χ3v) is 3.71. The van der Waals surface area contributed by atoms with Crippen LogP contribution < -0.4 is 16.0 Å². The van der Waals surface area contributed by atoms with E-state index in [-0.39, 0.29) is 6.04 Å². The Morgan fingerprint density at radius 3 is 2.72 bits per heavy atom. The predicted octanol–water partition coefficient (Wildman–Crippen LogP) is 1.93. The van der Waals surface area contributed by atoms with Crippen LogP contribution in [0.4, 0.5) is 0 Å². The summed E-state index contributed by atoms with van der Waals surface area (Å²) in [7, 11) is 1.70. The number of rotatable bonds is 4. The minimum Gasteiger partial charge on any atom is -0.496 e. The monoisotopic (exact) mass is 250 g/mol. The van der Waals surface area contributed by atoms with Gasteiger partial charge in [-0.25, -0.2) is 0 Å². The molecule has 1 aliphatic heterocycles. The van der Waals surface area contributed by atoms with Gasteiger partial charge in [0, 0.05) is 19.3 Å². The van der Waals surface area contributed by atoms with Gasteiger partial charge in [0.25, 0.3) is 0 Å². The van der Waals surface area contributed by atoms with E-state index in [9.17, 15) is 0 Å². The summed E-state index contributed by atoms with van der Waals surface area (Å²) in [4.78, 5) is 0. The largest absolute Gasteiger partial charge is 0.496 e. The van der Waals surface area contributed by atoms with Crippen molar-refractivity contribution in [3.05, 3.63) is 29.3 Å². The van der Waals surface area contributed by atoms with Crippen LogP contribution in [0.3, 0.4) is 0 Å². The fraction of sp³-hybridized carbons (Fsp3) is 0.571. The van der Waals surface area contributed by atoms with Crippen LogP contribution in [-0.2, 0) is 4.74 Å². The average molecular weight is 250 g/mol. The van der Waals surface area contributed by atoms with Gasteiger partial charge < -0.3 is 9.47 Å². The topological polar surface area (TPSA) is 56.5 Å². The van der Waals surface area contributed by atoms with Crippen molar-refractivity contribution in [1.29, 1.82) is 0 Å². The van der Waals surface area contributed by atoms with Gasteiger partial charge in [-0.1, -0.05) is 12.1 Å². The first-order valence-electron chi connectivity index (χ1n) is 6.44. The molecule has 18 heavy (non-hydrogen) atoms. The number of ether oxygens (including phenoxy) is 2. The van der Waals surface area contributed by atoms with E-state index in [0.717, 1.165) is 37.4 Å². The highest BCUT2D eigenvalue weighted by atomic mass is 16.5. The second-order valence-electron chi connectivity index (χ2n) is 4.82. The SMILES string of the molecule is COc1cc(C(NN)C2CCOCC2)ccc1C. The van der Waals surface area contributed by atoms with E-state index in [4.69, 9.17) is 15.3 Å². The molecule has 3 N–H and O–H groups in total. The van der Waals surface area contributed by atoms with Crippen molar-refractivity contribution in [2.75, 3.05) is 20.3 Å². The second-order valence-corrected chi connectivity index (χ2v) is 4.82. The van der Waals surface area contributed by atoms with Crippen LogP contribution in [0.15, 0.2) is 18.2 Å². The van der Waals surface area contributed by atoms with E-state index < -0.39 is 0 Å². The van der Waals surface area contributed by atoms with Gasteiger partial charge in [0.15, 0.2) is 0 Å². The maximum atomic E-state index is 5.73. The van der Waals surface area contributed by atoms with E-state index in [2.05, 4.69) is 23.6 Å². The molecule has 0 radical (unpaired) electrons. The summed E-state index contributed by atoms with van der Waals surface area (Å²) < 4.78 is 10.8. The molecule has 4 heteroatoms. The van der Waals surface area contributed by atoms with Gasteiger partial charge in [-0.05, 0) is 42.9 Å². The number of hydrazine groups is 1. The minimum absolute atomic E-state index is 0.170. The molecule has 1 saturated heterocycles. The first kappa shape index (κ1) is 13.3. The lowest BCUT2D eigenvalue weighted by Gasteiger charge is -2.30. The standard InChI is InChI=1S/C14H22N2O2/c1-10-3-4-12(9-13(10)17-2)14(16-15)11-5-7-18-8-6-11/h3-4,9,11,14,16H,5-8,15H2,1-2H3. The molecule has 0 saturated carbocycles. The Bertz CT molecular complexity index is 389. The average Bonchev–Trinajstić information content (AvgIpc) is 2.42. The molecule has 0 amide bonds. The van der Waals surface area contributed by atoms with E-state index in [1.807, 2.05) is 6.92 Å². The highest BCUT2D eigenvalue weighted by Gasteiger charge is 2.24. The molecule has 1 fully saturated rings. The third-order valence-electron chi connectivity index (χ3n) is 3.71. The van der Waals surface area contributed by atoms with Gasteiger partial charge >= 0.3 is 0 Å². The molecule has 0 bridgehead atoms. The van der Waals surface area contributed by atoms with Gasteiger partial charge in [0.2, 0.25) is 0 Å². The number of methoxy groups -OCH3 is 1. The van der Waals surface area contributed by atoms with Crippen LogP contribution in [0, 0.1) is 12.8 Å². The molecule has 4 nitrogen and oxygen atoms in total. The molecule has 1 heterocycles. The van der Waals surface area contributed by atoms with Crippen molar-refractivity contribution < 1.29 is 9.47 Å². The Morgan fingerprint density at radius 2 is 2.11 bits per heavy atom. The molecule has 1 aliphatic rings. The Labute approximate surface area is 108 Å². The summed E-state index contributed by atoms with van der Waals surface area (Å²) >= 11 is 0.